The topological polar surface area (TPSA) is 12.0 Å². The summed E-state index contributed by atoms with van der Waals surface area (Å²) in [6.07, 6.45) is 0.618. The van der Waals surface area contributed by atoms with Crippen molar-refractivity contribution in [3.63, 3.8) is 0 Å². The van der Waals surface area contributed by atoms with Crippen molar-refractivity contribution in [3.05, 3.63) is 56.2 Å². The van der Waals surface area contributed by atoms with Crippen molar-refractivity contribution in [1.29, 1.82) is 0 Å². The van der Waals surface area contributed by atoms with Crippen LogP contribution in [-0.2, 0) is 6.42 Å². The van der Waals surface area contributed by atoms with E-state index in [0.717, 1.165) is 14.9 Å². The fraction of sp³-hybridized carbons (Fsp3) is 0.231. The molecule has 0 fully saturated rings. The van der Waals surface area contributed by atoms with E-state index in [1.54, 1.807) is 17.4 Å². The highest BCUT2D eigenvalue weighted by Crippen LogP contribution is 2.31. The zero-order chi connectivity index (χ0) is 13.1. The summed E-state index contributed by atoms with van der Waals surface area (Å²) < 4.78 is 27.0. The summed E-state index contributed by atoms with van der Waals surface area (Å²) >= 11 is 5.12. The minimum atomic E-state index is -0.808. The minimum absolute atomic E-state index is 0.0873. The first-order valence-corrected chi connectivity index (χ1v) is 7.13. The number of benzene rings is 1. The molecule has 0 spiro atoms. The Morgan fingerprint density at radius 1 is 1.28 bits per heavy atom. The lowest BCUT2D eigenvalue weighted by Crippen LogP contribution is -2.18. The van der Waals surface area contributed by atoms with E-state index in [0.29, 0.717) is 6.42 Å². The monoisotopic (exact) mass is 331 g/mol. The molecular weight excluding hydrogens is 320 g/mol. The van der Waals surface area contributed by atoms with Crippen LogP contribution in [0.25, 0.3) is 0 Å². The van der Waals surface area contributed by atoms with Gasteiger partial charge in [-0.05, 0) is 58.5 Å². The third kappa shape index (κ3) is 2.96. The molecule has 1 nitrogen and oxygen atoms in total. The van der Waals surface area contributed by atoms with Crippen molar-refractivity contribution >= 4 is 27.3 Å². The summed E-state index contributed by atoms with van der Waals surface area (Å²) in [5.41, 5.74) is 0.772. The van der Waals surface area contributed by atoms with Gasteiger partial charge in [0.15, 0.2) is 11.6 Å². The fourth-order valence-corrected chi connectivity index (χ4v) is 3.54. The zero-order valence-electron chi connectivity index (χ0n) is 9.71. The zero-order valence-corrected chi connectivity index (χ0v) is 12.1. The Kier molecular flexibility index (Phi) is 4.48. The normalized spacial score (nSPS) is 12.7. The Balaban J connectivity index is 2.20. The van der Waals surface area contributed by atoms with Crippen LogP contribution in [0.15, 0.2) is 34.1 Å². The number of rotatable bonds is 4. The first-order chi connectivity index (χ1) is 8.61. The molecule has 1 aromatic heterocycles. The highest BCUT2D eigenvalue weighted by Gasteiger charge is 2.15. The van der Waals surface area contributed by atoms with E-state index in [2.05, 4.69) is 21.2 Å². The Morgan fingerprint density at radius 3 is 2.61 bits per heavy atom. The molecule has 1 heterocycles. The van der Waals surface area contributed by atoms with E-state index in [1.807, 2.05) is 18.5 Å². The van der Waals surface area contributed by atoms with Crippen LogP contribution in [-0.4, -0.2) is 7.05 Å². The Bertz CT molecular complexity index is 542. The highest BCUT2D eigenvalue weighted by molar-refractivity contribution is 9.10. The van der Waals surface area contributed by atoms with Gasteiger partial charge in [0, 0.05) is 15.4 Å². The Morgan fingerprint density at radius 2 is 2.06 bits per heavy atom. The van der Waals surface area contributed by atoms with E-state index in [-0.39, 0.29) is 6.04 Å². The molecule has 1 atom stereocenters. The van der Waals surface area contributed by atoms with Crippen LogP contribution in [0.1, 0.15) is 16.5 Å². The van der Waals surface area contributed by atoms with Crippen LogP contribution >= 0.6 is 27.3 Å². The van der Waals surface area contributed by atoms with Gasteiger partial charge in [-0.1, -0.05) is 6.07 Å². The summed E-state index contributed by atoms with van der Waals surface area (Å²) in [5, 5.41) is 5.19. The number of hydrogen-bond acceptors (Lipinski definition) is 2. The lowest BCUT2D eigenvalue weighted by Gasteiger charge is -2.15. The van der Waals surface area contributed by atoms with Crippen LogP contribution in [0, 0.1) is 11.6 Å². The maximum Gasteiger partial charge on any atom is 0.159 e. The summed E-state index contributed by atoms with van der Waals surface area (Å²) in [4.78, 5) is 1.15. The molecule has 2 aromatic rings. The maximum atomic E-state index is 13.2. The fourth-order valence-electron chi connectivity index (χ4n) is 1.78. The summed E-state index contributed by atoms with van der Waals surface area (Å²) in [5.74, 6) is -1.61. The number of likely N-dealkylation sites (N-methyl/N-ethyl adjacent to an activating group) is 1. The van der Waals surface area contributed by atoms with Gasteiger partial charge in [0.25, 0.3) is 0 Å². The summed E-state index contributed by atoms with van der Waals surface area (Å²) in [6, 6.07) is 6.10. The van der Waals surface area contributed by atoms with Crippen LogP contribution < -0.4 is 5.32 Å². The van der Waals surface area contributed by atoms with E-state index >= 15 is 0 Å². The lowest BCUT2D eigenvalue weighted by molar-refractivity contribution is 0.505. The molecule has 0 amide bonds. The first kappa shape index (κ1) is 13.6. The molecule has 1 aromatic carbocycles. The van der Waals surface area contributed by atoms with Crippen molar-refractivity contribution < 1.29 is 8.78 Å². The molecule has 0 aliphatic carbocycles. The molecule has 0 aliphatic rings. The second-order valence-electron chi connectivity index (χ2n) is 3.93. The van der Waals surface area contributed by atoms with E-state index in [4.69, 9.17) is 0 Å². The van der Waals surface area contributed by atoms with Gasteiger partial charge in [0.1, 0.15) is 0 Å². The number of thiophene rings is 1. The Hall–Kier alpha value is -0.780. The van der Waals surface area contributed by atoms with E-state index in [9.17, 15) is 8.78 Å². The molecule has 0 saturated heterocycles. The lowest BCUT2D eigenvalue weighted by atomic mass is 10.0. The van der Waals surface area contributed by atoms with Crippen molar-refractivity contribution in [2.45, 2.75) is 12.5 Å². The molecule has 96 valence electrons. The van der Waals surface area contributed by atoms with Gasteiger partial charge in [-0.3, -0.25) is 0 Å². The van der Waals surface area contributed by atoms with Gasteiger partial charge in [-0.2, -0.15) is 0 Å². The molecular formula is C13H12BrF2NS. The smallest absolute Gasteiger partial charge is 0.159 e. The predicted octanol–water partition coefficient (Wildman–Crippen LogP) is 4.29. The minimum Gasteiger partial charge on any atom is -0.312 e. The third-order valence-electron chi connectivity index (χ3n) is 2.73. The Labute approximate surface area is 117 Å². The second-order valence-corrected chi connectivity index (χ2v) is 5.73. The molecule has 0 radical (unpaired) electrons. The quantitative estimate of drug-likeness (QED) is 0.881. The molecule has 0 aliphatic heterocycles. The van der Waals surface area contributed by atoms with Gasteiger partial charge >= 0.3 is 0 Å². The second kappa shape index (κ2) is 5.91. The van der Waals surface area contributed by atoms with Gasteiger partial charge in [0.2, 0.25) is 0 Å². The van der Waals surface area contributed by atoms with Crippen molar-refractivity contribution in [2.24, 2.45) is 0 Å². The average Bonchev–Trinajstić information content (AvgIpc) is 2.77. The van der Waals surface area contributed by atoms with Gasteiger partial charge < -0.3 is 5.32 Å². The predicted molar refractivity (Wildman–Crippen MR) is 73.9 cm³/mol. The van der Waals surface area contributed by atoms with Crippen LogP contribution in [0.5, 0.6) is 0 Å². The summed E-state index contributed by atoms with van der Waals surface area (Å²) in [6.45, 7) is 0. The molecule has 5 heteroatoms. The van der Waals surface area contributed by atoms with E-state index < -0.39 is 11.6 Å². The highest BCUT2D eigenvalue weighted by atomic mass is 79.9. The molecule has 0 saturated carbocycles. The van der Waals surface area contributed by atoms with Crippen molar-refractivity contribution in [1.82, 2.24) is 5.32 Å². The maximum absolute atomic E-state index is 13.2. The molecule has 1 N–H and O–H groups in total. The summed E-state index contributed by atoms with van der Waals surface area (Å²) in [7, 11) is 1.86. The number of hydrogen-bond donors (Lipinski definition) is 1. The van der Waals surface area contributed by atoms with Crippen LogP contribution in [0.2, 0.25) is 0 Å². The largest absolute Gasteiger partial charge is 0.312 e. The van der Waals surface area contributed by atoms with Gasteiger partial charge in [0.05, 0.1) is 0 Å². The van der Waals surface area contributed by atoms with Crippen molar-refractivity contribution in [2.75, 3.05) is 7.05 Å². The first-order valence-electron chi connectivity index (χ1n) is 5.46. The average molecular weight is 332 g/mol. The van der Waals surface area contributed by atoms with Gasteiger partial charge in [-0.15, -0.1) is 11.3 Å². The van der Waals surface area contributed by atoms with Crippen LogP contribution in [0.4, 0.5) is 8.78 Å². The van der Waals surface area contributed by atoms with E-state index in [1.165, 1.54) is 12.1 Å². The standard InChI is InChI=1S/C13H12BrF2NS/c1-17-12(13-9(14)4-5-18-13)7-8-2-3-10(15)11(16)6-8/h2-6,12,17H,7H2,1H3. The molecule has 1 unspecified atom stereocenters. The molecule has 0 bridgehead atoms. The van der Waals surface area contributed by atoms with Gasteiger partial charge in [-0.25, -0.2) is 8.78 Å². The van der Waals surface area contributed by atoms with Crippen LogP contribution in [0.3, 0.4) is 0 Å². The SMILES string of the molecule is CNC(Cc1ccc(F)c(F)c1)c1sccc1Br. The van der Waals surface area contributed by atoms with Crippen molar-refractivity contribution in [3.8, 4) is 0 Å². The third-order valence-corrected chi connectivity index (χ3v) is 4.72. The number of halogens is 3. The molecule has 2 rings (SSSR count). The number of nitrogens with one attached hydrogen (secondary N) is 1. The molecule has 18 heavy (non-hydrogen) atoms.